The Kier molecular flexibility index (Phi) is 4.74. The zero-order valence-corrected chi connectivity index (χ0v) is 8.92. The lowest BCUT2D eigenvalue weighted by Crippen LogP contribution is -2.39. The summed E-state index contributed by atoms with van der Waals surface area (Å²) in [6.07, 6.45) is 6.27. The standard InChI is InChI=1S/C11H23NO/c1-3-10-5-4-6-11(10)12-9(2)7-8-13/h9-13H,3-8H2,1-2H3. The number of aliphatic hydroxyl groups excluding tert-OH is 1. The summed E-state index contributed by atoms with van der Waals surface area (Å²) in [6.45, 7) is 4.75. The van der Waals surface area contributed by atoms with E-state index in [0.717, 1.165) is 12.3 Å². The first-order valence-electron chi connectivity index (χ1n) is 5.64. The highest BCUT2D eigenvalue weighted by Crippen LogP contribution is 2.28. The van der Waals surface area contributed by atoms with Gasteiger partial charge >= 0.3 is 0 Å². The molecule has 1 aliphatic carbocycles. The third-order valence-electron chi connectivity index (χ3n) is 3.24. The van der Waals surface area contributed by atoms with Crippen LogP contribution in [0.4, 0.5) is 0 Å². The monoisotopic (exact) mass is 185 g/mol. The molecule has 78 valence electrons. The molecule has 3 atom stereocenters. The molecule has 2 heteroatoms. The summed E-state index contributed by atoms with van der Waals surface area (Å²) in [5.41, 5.74) is 0. The van der Waals surface area contributed by atoms with Gasteiger partial charge in [0.1, 0.15) is 0 Å². The van der Waals surface area contributed by atoms with Crippen LogP contribution < -0.4 is 5.32 Å². The smallest absolute Gasteiger partial charge is 0.0445 e. The van der Waals surface area contributed by atoms with Crippen LogP contribution in [0.2, 0.25) is 0 Å². The summed E-state index contributed by atoms with van der Waals surface area (Å²) < 4.78 is 0. The van der Waals surface area contributed by atoms with Gasteiger partial charge in [-0.05, 0) is 32.1 Å². The van der Waals surface area contributed by atoms with Crippen molar-refractivity contribution in [3.63, 3.8) is 0 Å². The van der Waals surface area contributed by atoms with Crippen molar-refractivity contribution in [1.29, 1.82) is 0 Å². The summed E-state index contributed by atoms with van der Waals surface area (Å²) in [6, 6.07) is 1.19. The molecular formula is C11H23NO. The van der Waals surface area contributed by atoms with Gasteiger partial charge in [-0.3, -0.25) is 0 Å². The van der Waals surface area contributed by atoms with E-state index < -0.39 is 0 Å². The molecule has 0 aromatic rings. The average molecular weight is 185 g/mol. The fourth-order valence-electron chi connectivity index (χ4n) is 2.39. The fourth-order valence-corrected chi connectivity index (χ4v) is 2.39. The first kappa shape index (κ1) is 11.0. The number of hydrogen-bond donors (Lipinski definition) is 2. The number of hydrogen-bond acceptors (Lipinski definition) is 2. The zero-order valence-electron chi connectivity index (χ0n) is 8.92. The van der Waals surface area contributed by atoms with E-state index in [1.807, 2.05) is 0 Å². The Morgan fingerprint density at radius 3 is 2.85 bits per heavy atom. The maximum Gasteiger partial charge on any atom is 0.0445 e. The molecule has 1 fully saturated rings. The summed E-state index contributed by atoms with van der Waals surface area (Å²) in [5, 5.41) is 12.4. The van der Waals surface area contributed by atoms with Crippen molar-refractivity contribution >= 4 is 0 Å². The quantitative estimate of drug-likeness (QED) is 0.686. The van der Waals surface area contributed by atoms with Crippen molar-refractivity contribution in [3.8, 4) is 0 Å². The molecule has 1 saturated carbocycles. The molecule has 1 aliphatic rings. The lowest BCUT2D eigenvalue weighted by atomic mass is 10.00. The molecule has 2 N–H and O–H groups in total. The van der Waals surface area contributed by atoms with E-state index in [4.69, 9.17) is 5.11 Å². The van der Waals surface area contributed by atoms with Gasteiger partial charge in [-0.25, -0.2) is 0 Å². The SMILES string of the molecule is CCC1CCCC1NC(C)CCO. The molecular weight excluding hydrogens is 162 g/mol. The van der Waals surface area contributed by atoms with E-state index in [9.17, 15) is 0 Å². The highest BCUT2D eigenvalue weighted by Gasteiger charge is 2.26. The van der Waals surface area contributed by atoms with Gasteiger partial charge in [0.05, 0.1) is 0 Å². The van der Waals surface area contributed by atoms with Crippen LogP contribution in [-0.4, -0.2) is 23.8 Å². The van der Waals surface area contributed by atoms with E-state index in [1.54, 1.807) is 0 Å². The first-order chi connectivity index (χ1) is 6.27. The Morgan fingerprint density at radius 2 is 2.23 bits per heavy atom. The highest BCUT2D eigenvalue weighted by molar-refractivity contribution is 4.83. The van der Waals surface area contributed by atoms with Gasteiger partial charge in [0.15, 0.2) is 0 Å². The predicted octanol–water partition coefficient (Wildman–Crippen LogP) is 1.93. The lowest BCUT2D eigenvalue weighted by Gasteiger charge is -2.23. The minimum absolute atomic E-state index is 0.303. The fraction of sp³-hybridized carbons (Fsp3) is 1.00. The third kappa shape index (κ3) is 3.28. The highest BCUT2D eigenvalue weighted by atomic mass is 16.3. The van der Waals surface area contributed by atoms with Crippen molar-refractivity contribution in [3.05, 3.63) is 0 Å². The number of aliphatic hydroxyl groups is 1. The molecule has 0 aliphatic heterocycles. The van der Waals surface area contributed by atoms with Gasteiger partial charge in [0.2, 0.25) is 0 Å². The molecule has 0 spiro atoms. The molecule has 0 radical (unpaired) electrons. The molecule has 0 bridgehead atoms. The Hall–Kier alpha value is -0.0800. The van der Waals surface area contributed by atoms with Crippen molar-refractivity contribution in [1.82, 2.24) is 5.32 Å². The van der Waals surface area contributed by atoms with Crippen molar-refractivity contribution in [2.24, 2.45) is 5.92 Å². The second-order valence-electron chi connectivity index (χ2n) is 4.29. The largest absolute Gasteiger partial charge is 0.396 e. The Bertz CT molecular complexity index is 138. The lowest BCUT2D eigenvalue weighted by molar-refractivity contribution is 0.254. The maximum atomic E-state index is 8.79. The van der Waals surface area contributed by atoms with Crippen LogP contribution in [0.15, 0.2) is 0 Å². The van der Waals surface area contributed by atoms with Crippen LogP contribution >= 0.6 is 0 Å². The predicted molar refractivity (Wildman–Crippen MR) is 55.7 cm³/mol. The van der Waals surface area contributed by atoms with Gasteiger partial charge in [0, 0.05) is 18.7 Å². The van der Waals surface area contributed by atoms with E-state index >= 15 is 0 Å². The van der Waals surface area contributed by atoms with Crippen LogP contribution in [0.1, 0.15) is 46.0 Å². The number of rotatable bonds is 5. The minimum atomic E-state index is 0.303. The summed E-state index contributed by atoms with van der Waals surface area (Å²) in [5.74, 6) is 0.876. The van der Waals surface area contributed by atoms with Crippen molar-refractivity contribution in [2.75, 3.05) is 6.61 Å². The van der Waals surface area contributed by atoms with E-state index in [0.29, 0.717) is 18.7 Å². The van der Waals surface area contributed by atoms with E-state index in [1.165, 1.54) is 25.7 Å². The molecule has 0 aromatic carbocycles. The maximum absolute atomic E-state index is 8.79. The summed E-state index contributed by atoms with van der Waals surface area (Å²) in [4.78, 5) is 0. The molecule has 0 saturated heterocycles. The van der Waals surface area contributed by atoms with Crippen molar-refractivity contribution in [2.45, 2.75) is 58.0 Å². The van der Waals surface area contributed by atoms with Gasteiger partial charge < -0.3 is 10.4 Å². The van der Waals surface area contributed by atoms with Crippen LogP contribution in [0.3, 0.4) is 0 Å². The molecule has 13 heavy (non-hydrogen) atoms. The van der Waals surface area contributed by atoms with E-state index in [-0.39, 0.29) is 0 Å². The van der Waals surface area contributed by atoms with Crippen LogP contribution in [0.25, 0.3) is 0 Å². The number of nitrogens with one attached hydrogen (secondary N) is 1. The molecule has 0 aromatic heterocycles. The van der Waals surface area contributed by atoms with Crippen molar-refractivity contribution < 1.29 is 5.11 Å². The molecule has 0 heterocycles. The van der Waals surface area contributed by atoms with Crippen LogP contribution in [-0.2, 0) is 0 Å². The van der Waals surface area contributed by atoms with Gasteiger partial charge in [-0.2, -0.15) is 0 Å². The topological polar surface area (TPSA) is 32.3 Å². The van der Waals surface area contributed by atoms with Crippen LogP contribution in [0.5, 0.6) is 0 Å². The second-order valence-corrected chi connectivity index (χ2v) is 4.29. The third-order valence-corrected chi connectivity index (χ3v) is 3.24. The second kappa shape index (κ2) is 5.61. The van der Waals surface area contributed by atoms with E-state index in [2.05, 4.69) is 19.2 Å². The summed E-state index contributed by atoms with van der Waals surface area (Å²) >= 11 is 0. The molecule has 2 nitrogen and oxygen atoms in total. The minimum Gasteiger partial charge on any atom is -0.396 e. The van der Waals surface area contributed by atoms with Gasteiger partial charge in [0.25, 0.3) is 0 Å². The normalized spacial score (nSPS) is 30.7. The molecule has 0 amide bonds. The molecule has 1 rings (SSSR count). The zero-order chi connectivity index (χ0) is 9.68. The van der Waals surface area contributed by atoms with Crippen LogP contribution in [0, 0.1) is 5.92 Å². The Morgan fingerprint density at radius 1 is 1.46 bits per heavy atom. The van der Waals surface area contributed by atoms with Gasteiger partial charge in [-0.15, -0.1) is 0 Å². The first-order valence-corrected chi connectivity index (χ1v) is 5.64. The Balaban J connectivity index is 2.26. The Labute approximate surface area is 81.7 Å². The van der Waals surface area contributed by atoms with Gasteiger partial charge in [-0.1, -0.05) is 19.8 Å². The molecule has 3 unspecified atom stereocenters. The average Bonchev–Trinajstić information content (AvgIpc) is 2.52. The summed E-state index contributed by atoms with van der Waals surface area (Å²) in [7, 11) is 0.